The van der Waals surface area contributed by atoms with Crippen molar-refractivity contribution in [2.75, 3.05) is 13.2 Å². The van der Waals surface area contributed by atoms with E-state index in [-0.39, 0.29) is 12.1 Å². The van der Waals surface area contributed by atoms with Gasteiger partial charge in [0.15, 0.2) is 11.5 Å². The first kappa shape index (κ1) is 15.4. The fourth-order valence-corrected chi connectivity index (χ4v) is 2.56. The molecule has 1 aliphatic rings. The highest BCUT2D eigenvalue weighted by atomic mass is 35.5. The van der Waals surface area contributed by atoms with E-state index in [2.05, 4.69) is 12.2 Å². The van der Waals surface area contributed by atoms with Gasteiger partial charge in [-0.25, -0.2) is 0 Å². The topological polar surface area (TPSA) is 50.7 Å². The van der Waals surface area contributed by atoms with Crippen molar-refractivity contribution < 1.29 is 14.6 Å². The van der Waals surface area contributed by atoms with Gasteiger partial charge >= 0.3 is 0 Å². The lowest BCUT2D eigenvalue weighted by Gasteiger charge is -2.16. The molecule has 0 bridgehead atoms. The number of rotatable bonds is 5. The number of hydrogen-bond acceptors (Lipinski definition) is 4. The van der Waals surface area contributed by atoms with E-state index < -0.39 is 0 Å². The quantitative estimate of drug-likeness (QED) is 0.878. The van der Waals surface area contributed by atoms with Crippen LogP contribution in [-0.2, 0) is 6.54 Å². The zero-order valence-corrected chi connectivity index (χ0v) is 12.7. The number of nitrogens with one attached hydrogen (secondary N) is 1. The van der Waals surface area contributed by atoms with E-state index >= 15 is 0 Å². The van der Waals surface area contributed by atoms with Gasteiger partial charge in [0.1, 0.15) is 0 Å². The number of fused-ring (bicyclic) bond motifs is 1. The van der Waals surface area contributed by atoms with Gasteiger partial charge < -0.3 is 19.9 Å². The maximum atomic E-state index is 9.36. The molecule has 0 spiro atoms. The summed E-state index contributed by atoms with van der Waals surface area (Å²) in [5.74, 6) is 1.36. The highest BCUT2D eigenvalue weighted by Gasteiger charge is 2.16. The van der Waals surface area contributed by atoms with Gasteiger partial charge in [0, 0.05) is 19.0 Å². The summed E-state index contributed by atoms with van der Waals surface area (Å²) in [5, 5.41) is 13.3. The third kappa shape index (κ3) is 4.27. The summed E-state index contributed by atoms with van der Waals surface area (Å²) < 4.78 is 11.3. The normalized spacial score (nSPS) is 17.4. The number of aliphatic hydroxyl groups is 1. The third-order valence-electron chi connectivity index (χ3n) is 3.21. The van der Waals surface area contributed by atoms with Crippen LogP contribution in [0.3, 0.4) is 0 Å². The van der Waals surface area contributed by atoms with Gasteiger partial charge in [-0.3, -0.25) is 0 Å². The monoisotopic (exact) mass is 299 g/mol. The van der Waals surface area contributed by atoms with E-state index in [1.807, 2.05) is 12.1 Å². The highest BCUT2D eigenvalue weighted by molar-refractivity contribution is 6.32. The lowest BCUT2D eigenvalue weighted by atomic mass is 10.1. The largest absolute Gasteiger partial charge is 0.489 e. The Labute approximate surface area is 125 Å². The van der Waals surface area contributed by atoms with Gasteiger partial charge in [0.25, 0.3) is 0 Å². The molecule has 0 aliphatic carbocycles. The Balaban J connectivity index is 2.02. The minimum absolute atomic E-state index is 0.241. The van der Waals surface area contributed by atoms with Gasteiger partial charge in [-0.2, -0.15) is 0 Å². The van der Waals surface area contributed by atoms with Crippen molar-refractivity contribution in [1.29, 1.82) is 0 Å². The summed E-state index contributed by atoms with van der Waals surface area (Å²) in [6, 6.07) is 4.11. The lowest BCUT2D eigenvalue weighted by Crippen LogP contribution is -2.28. The Hall–Kier alpha value is -0.970. The highest BCUT2D eigenvalue weighted by Crippen LogP contribution is 2.37. The van der Waals surface area contributed by atoms with Gasteiger partial charge in [0.05, 0.1) is 24.3 Å². The van der Waals surface area contributed by atoms with Crippen molar-refractivity contribution in [3.05, 3.63) is 22.7 Å². The van der Waals surface area contributed by atoms with Gasteiger partial charge in [-0.1, -0.05) is 11.6 Å². The molecular weight excluding hydrogens is 278 g/mol. The Morgan fingerprint density at radius 3 is 2.80 bits per heavy atom. The van der Waals surface area contributed by atoms with Crippen molar-refractivity contribution in [3.8, 4) is 11.5 Å². The van der Waals surface area contributed by atoms with Crippen LogP contribution in [-0.4, -0.2) is 30.5 Å². The molecule has 1 aromatic carbocycles. The minimum Gasteiger partial charge on any atom is -0.489 e. The van der Waals surface area contributed by atoms with Crippen LogP contribution in [0.4, 0.5) is 0 Å². The molecule has 0 saturated carbocycles. The molecule has 4 nitrogen and oxygen atoms in total. The summed E-state index contributed by atoms with van der Waals surface area (Å²) in [4.78, 5) is 0. The van der Waals surface area contributed by atoms with Crippen LogP contribution in [0, 0.1) is 0 Å². The fourth-order valence-electron chi connectivity index (χ4n) is 2.27. The van der Waals surface area contributed by atoms with E-state index in [1.165, 1.54) is 0 Å². The Morgan fingerprint density at radius 2 is 2.05 bits per heavy atom. The maximum Gasteiger partial charge on any atom is 0.179 e. The first-order valence-corrected chi connectivity index (χ1v) is 7.43. The smallest absolute Gasteiger partial charge is 0.179 e. The Morgan fingerprint density at radius 1 is 1.30 bits per heavy atom. The summed E-state index contributed by atoms with van der Waals surface area (Å²) >= 11 is 6.25. The zero-order chi connectivity index (χ0) is 14.5. The standard InChI is InChI=1S/C15H22ClNO3/c1-10(6-11(2)18)17-9-12-7-13(16)15-14(8-12)19-4-3-5-20-15/h7-8,10-11,17-18H,3-6,9H2,1-2H3. The second kappa shape index (κ2) is 7.16. The minimum atomic E-state index is -0.301. The van der Waals surface area contributed by atoms with E-state index in [0.717, 1.165) is 24.2 Å². The summed E-state index contributed by atoms with van der Waals surface area (Å²) in [7, 11) is 0. The van der Waals surface area contributed by atoms with Gasteiger partial charge in [-0.15, -0.1) is 0 Å². The van der Waals surface area contributed by atoms with Gasteiger partial charge in [0.2, 0.25) is 0 Å². The van der Waals surface area contributed by atoms with Crippen LogP contribution in [0.1, 0.15) is 32.3 Å². The van der Waals surface area contributed by atoms with Gasteiger partial charge in [-0.05, 0) is 38.0 Å². The molecule has 2 N–H and O–H groups in total. The molecule has 5 heteroatoms. The molecular formula is C15H22ClNO3. The summed E-state index contributed by atoms with van der Waals surface area (Å²) in [5.41, 5.74) is 1.05. The molecule has 2 rings (SSSR count). The van der Waals surface area contributed by atoms with E-state index in [4.69, 9.17) is 21.1 Å². The first-order valence-electron chi connectivity index (χ1n) is 7.05. The molecule has 1 aliphatic heterocycles. The molecule has 0 saturated heterocycles. The van der Waals surface area contributed by atoms with E-state index in [0.29, 0.717) is 30.5 Å². The molecule has 2 atom stereocenters. The van der Waals surface area contributed by atoms with E-state index in [9.17, 15) is 5.11 Å². The Kier molecular flexibility index (Phi) is 5.52. The fraction of sp³-hybridized carbons (Fsp3) is 0.600. The van der Waals surface area contributed by atoms with Crippen molar-refractivity contribution in [2.24, 2.45) is 0 Å². The predicted molar refractivity (Wildman–Crippen MR) is 79.7 cm³/mol. The molecule has 1 aromatic rings. The molecule has 112 valence electrons. The molecule has 2 unspecified atom stereocenters. The third-order valence-corrected chi connectivity index (χ3v) is 3.49. The van der Waals surface area contributed by atoms with Crippen molar-refractivity contribution in [1.82, 2.24) is 5.32 Å². The van der Waals surface area contributed by atoms with Crippen LogP contribution in [0.5, 0.6) is 11.5 Å². The van der Waals surface area contributed by atoms with Crippen LogP contribution >= 0.6 is 11.6 Å². The lowest BCUT2D eigenvalue weighted by molar-refractivity contribution is 0.170. The zero-order valence-electron chi connectivity index (χ0n) is 12.0. The second-order valence-corrected chi connectivity index (χ2v) is 5.73. The molecule has 0 amide bonds. The molecule has 0 fully saturated rings. The number of halogens is 1. The van der Waals surface area contributed by atoms with Crippen LogP contribution < -0.4 is 14.8 Å². The number of ether oxygens (including phenoxy) is 2. The number of hydrogen-bond donors (Lipinski definition) is 2. The van der Waals surface area contributed by atoms with Crippen LogP contribution in [0.25, 0.3) is 0 Å². The summed E-state index contributed by atoms with van der Waals surface area (Å²) in [6.45, 7) is 5.82. The molecule has 0 aromatic heterocycles. The number of aliphatic hydroxyl groups excluding tert-OH is 1. The van der Waals surface area contributed by atoms with Crippen LogP contribution in [0.15, 0.2) is 12.1 Å². The second-order valence-electron chi connectivity index (χ2n) is 5.32. The summed E-state index contributed by atoms with van der Waals surface area (Å²) in [6.07, 6.45) is 1.28. The maximum absolute atomic E-state index is 9.36. The Bertz CT molecular complexity index is 451. The average Bonchev–Trinajstić information content (AvgIpc) is 2.61. The SMILES string of the molecule is CC(O)CC(C)NCc1cc(Cl)c2c(c1)OCCCO2. The van der Waals surface area contributed by atoms with Crippen molar-refractivity contribution in [2.45, 2.75) is 45.4 Å². The predicted octanol–water partition coefficient (Wildman–Crippen LogP) is 2.75. The number of benzene rings is 1. The molecule has 20 heavy (non-hydrogen) atoms. The van der Waals surface area contributed by atoms with E-state index in [1.54, 1.807) is 6.92 Å². The first-order chi connectivity index (χ1) is 9.56. The average molecular weight is 300 g/mol. The van der Waals surface area contributed by atoms with Crippen LogP contribution in [0.2, 0.25) is 5.02 Å². The van der Waals surface area contributed by atoms with Crippen molar-refractivity contribution >= 4 is 11.6 Å². The molecule has 1 heterocycles. The van der Waals surface area contributed by atoms with Crippen molar-refractivity contribution in [3.63, 3.8) is 0 Å². The molecule has 0 radical (unpaired) electrons.